The molecule has 0 radical (unpaired) electrons. The zero-order valence-corrected chi connectivity index (χ0v) is 13.3. The van der Waals surface area contributed by atoms with E-state index in [0.717, 1.165) is 16.9 Å². The van der Waals surface area contributed by atoms with Gasteiger partial charge in [0, 0.05) is 5.69 Å². The van der Waals surface area contributed by atoms with Crippen LogP contribution in [0, 0.1) is 6.92 Å². The van der Waals surface area contributed by atoms with Gasteiger partial charge in [-0.1, -0.05) is 12.1 Å². The SMILES string of the molecule is COc1ccc(CC(=O)Nc2ccc3c(c2)C(=O)NC3=O)cc1C. The first kappa shape index (κ1) is 15.7. The molecule has 24 heavy (non-hydrogen) atoms. The van der Waals surface area contributed by atoms with E-state index >= 15 is 0 Å². The van der Waals surface area contributed by atoms with Crippen molar-refractivity contribution in [1.82, 2.24) is 5.32 Å². The molecular formula is C18H16N2O4. The van der Waals surface area contributed by atoms with E-state index in [1.54, 1.807) is 13.2 Å². The summed E-state index contributed by atoms with van der Waals surface area (Å²) in [6.45, 7) is 1.91. The predicted molar refractivity (Wildman–Crippen MR) is 88.3 cm³/mol. The van der Waals surface area contributed by atoms with Gasteiger partial charge in [-0.2, -0.15) is 0 Å². The molecule has 0 saturated carbocycles. The lowest BCUT2D eigenvalue weighted by Crippen LogP contribution is -2.19. The van der Waals surface area contributed by atoms with Crippen LogP contribution in [0.3, 0.4) is 0 Å². The van der Waals surface area contributed by atoms with Crippen molar-refractivity contribution in [3.63, 3.8) is 0 Å². The fraction of sp³-hybridized carbons (Fsp3) is 0.167. The fourth-order valence-electron chi connectivity index (χ4n) is 2.69. The minimum absolute atomic E-state index is 0.201. The van der Waals surface area contributed by atoms with Gasteiger partial charge < -0.3 is 10.1 Å². The van der Waals surface area contributed by atoms with Gasteiger partial charge in [0.1, 0.15) is 5.75 Å². The molecule has 0 unspecified atom stereocenters. The Hall–Kier alpha value is -3.15. The van der Waals surface area contributed by atoms with Gasteiger partial charge in [-0.05, 0) is 42.3 Å². The Morgan fingerprint density at radius 1 is 1.08 bits per heavy atom. The Labute approximate surface area is 138 Å². The van der Waals surface area contributed by atoms with Crippen LogP contribution in [-0.2, 0) is 11.2 Å². The molecule has 1 aliphatic heterocycles. The largest absolute Gasteiger partial charge is 0.496 e. The first-order valence-corrected chi connectivity index (χ1v) is 7.41. The number of amides is 3. The normalized spacial score (nSPS) is 12.6. The van der Waals surface area contributed by atoms with Gasteiger partial charge in [0.05, 0.1) is 24.7 Å². The highest BCUT2D eigenvalue weighted by molar-refractivity contribution is 6.22. The predicted octanol–water partition coefficient (Wildman–Crippen LogP) is 2.07. The van der Waals surface area contributed by atoms with Crippen LogP contribution in [0.5, 0.6) is 5.75 Å². The van der Waals surface area contributed by atoms with E-state index in [2.05, 4.69) is 10.6 Å². The summed E-state index contributed by atoms with van der Waals surface area (Å²) in [4.78, 5) is 35.3. The number of hydrogen-bond donors (Lipinski definition) is 2. The minimum Gasteiger partial charge on any atom is -0.496 e. The number of hydrogen-bond acceptors (Lipinski definition) is 4. The standard InChI is InChI=1S/C18H16N2O4/c1-10-7-11(3-6-15(10)24-2)8-16(21)19-12-4-5-13-14(9-12)18(23)20-17(13)22/h3-7,9H,8H2,1-2H3,(H,19,21)(H,20,22,23). The Kier molecular flexibility index (Phi) is 4.04. The molecule has 1 heterocycles. The van der Waals surface area contributed by atoms with Gasteiger partial charge in [-0.3, -0.25) is 19.7 Å². The molecule has 3 amide bonds. The Morgan fingerprint density at radius 3 is 2.54 bits per heavy atom. The Balaban J connectivity index is 1.72. The second-order valence-corrected chi connectivity index (χ2v) is 5.57. The molecule has 0 fully saturated rings. The molecule has 0 aromatic heterocycles. The van der Waals surface area contributed by atoms with E-state index < -0.39 is 11.8 Å². The average molecular weight is 324 g/mol. The first-order chi connectivity index (χ1) is 11.5. The van der Waals surface area contributed by atoms with Crippen LogP contribution in [0.15, 0.2) is 36.4 Å². The smallest absolute Gasteiger partial charge is 0.259 e. The molecule has 2 aromatic carbocycles. The molecule has 0 saturated heterocycles. The van der Waals surface area contributed by atoms with Gasteiger partial charge in [0.15, 0.2) is 0 Å². The molecule has 0 atom stereocenters. The van der Waals surface area contributed by atoms with Crippen molar-refractivity contribution in [3.8, 4) is 5.75 Å². The molecule has 0 bridgehead atoms. The number of nitrogens with one attached hydrogen (secondary N) is 2. The van der Waals surface area contributed by atoms with E-state index in [1.807, 2.05) is 25.1 Å². The van der Waals surface area contributed by atoms with Gasteiger partial charge in [-0.25, -0.2) is 0 Å². The lowest BCUT2D eigenvalue weighted by atomic mass is 10.1. The zero-order valence-electron chi connectivity index (χ0n) is 13.3. The number of fused-ring (bicyclic) bond motifs is 1. The number of ether oxygens (including phenoxy) is 1. The highest BCUT2D eigenvalue weighted by Crippen LogP contribution is 2.21. The summed E-state index contributed by atoms with van der Waals surface area (Å²) in [5.74, 6) is -0.295. The lowest BCUT2D eigenvalue weighted by Gasteiger charge is -2.09. The van der Waals surface area contributed by atoms with Crippen molar-refractivity contribution in [3.05, 3.63) is 58.7 Å². The molecule has 2 N–H and O–H groups in total. The van der Waals surface area contributed by atoms with Crippen LogP contribution in [0.4, 0.5) is 5.69 Å². The zero-order chi connectivity index (χ0) is 17.3. The summed E-state index contributed by atoms with van der Waals surface area (Å²) in [7, 11) is 1.60. The number of methoxy groups -OCH3 is 1. The maximum Gasteiger partial charge on any atom is 0.259 e. The molecule has 6 nitrogen and oxygen atoms in total. The van der Waals surface area contributed by atoms with Crippen molar-refractivity contribution in [2.45, 2.75) is 13.3 Å². The van der Waals surface area contributed by atoms with Crippen molar-refractivity contribution in [2.75, 3.05) is 12.4 Å². The Morgan fingerprint density at radius 2 is 1.83 bits per heavy atom. The number of carbonyl (C=O) groups excluding carboxylic acids is 3. The summed E-state index contributed by atoms with van der Waals surface area (Å²) in [5.41, 5.74) is 2.89. The third-order valence-corrected chi connectivity index (χ3v) is 3.84. The van der Waals surface area contributed by atoms with Crippen LogP contribution < -0.4 is 15.4 Å². The molecular weight excluding hydrogens is 308 g/mol. The average Bonchev–Trinajstić information content (AvgIpc) is 2.82. The summed E-state index contributed by atoms with van der Waals surface area (Å²) in [6, 6.07) is 10.2. The van der Waals surface area contributed by atoms with Crippen molar-refractivity contribution in [1.29, 1.82) is 0 Å². The van der Waals surface area contributed by atoms with Gasteiger partial charge >= 0.3 is 0 Å². The number of anilines is 1. The van der Waals surface area contributed by atoms with Crippen LogP contribution in [-0.4, -0.2) is 24.8 Å². The van der Waals surface area contributed by atoms with E-state index in [9.17, 15) is 14.4 Å². The van der Waals surface area contributed by atoms with E-state index in [1.165, 1.54) is 12.1 Å². The highest BCUT2D eigenvalue weighted by atomic mass is 16.5. The topological polar surface area (TPSA) is 84.5 Å². The molecule has 0 aliphatic carbocycles. The fourth-order valence-corrected chi connectivity index (χ4v) is 2.69. The molecule has 0 spiro atoms. The van der Waals surface area contributed by atoms with Gasteiger partial charge in [0.25, 0.3) is 11.8 Å². The quantitative estimate of drug-likeness (QED) is 0.843. The number of rotatable bonds is 4. The molecule has 122 valence electrons. The maximum atomic E-state index is 12.2. The molecule has 1 aliphatic rings. The first-order valence-electron chi connectivity index (χ1n) is 7.41. The number of benzene rings is 2. The number of carbonyl (C=O) groups is 3. The second-order valence-electron chi connectivity index (χ2n) is 5.57. The summed E-state index contributed by atoms with van der Waals surface area (Å²) < 4.78 is 5.20. The van der Waals surface area contributed by atoms with Crippen LogP contribution in [0.2, 0.25) is 0 Å². The molecule has 6 heteroatoms. The number of aryl methyl sites for hydroxylation is 1. The summed E-state index contributed by atoms with van der Waals surface area (Å²) >= 11 is 0. The Bertz CT molecular complexity index is 858. The highest BCUT2D eigenvalue weighted by Gasteiger charge is 2.26. The minimum atomic E-state index is -0.447. The third kappa shape index (κ3) is 2.99. The second kappa shape index (κ2) is 6.16. The van der Waals surface area contributed by atoms with Crippen molar-refractivity contribution in [2.24, 2.45) is 0 Å². The summed E-state index contributed by atoms with van der Waals surface area (Å²) in [6.07, 6.45) is 0.201. The number of imide groups is 1. The van der Waals surface area contributed by atoms with Gasteiger partial charge in [-0.15, -0.1) is 0 Å². The lowest BCUT2D eigenvalue weighted by molar-refractivity contribution is -0.115. The van der Waals surface area contributed by atoms with Crippen LogP contribution in [0.25, 0.3) is 0 Å². The monoisotopic (exact) mass is 324 g/mol. The van der Waals surface area contributed by atoms with E-state index in [0.29, 0.717) is 11.3 Å². The van der Waals surface area contributed by atoms with Crippen LogP contribution in [0.1, 0.15) is 31.8 Å². The third-order valence-electron chi connectivity index (χ3n) is 3.84. The molecule has 2 aromatic rings. The molecule has 3 rings (SSSR count). The van der Waals surface area contributed by atoms with Gasteiger partial charge in [0.2, 0.25) is 5.91 Å². The van der Waals surface area contributed by atoms with E-state index in [-0.39, 0.29) is 17.9 Å². The van der Waals surface area contributed by atoms with Crippen molar-refractivity contribution >= 4 is 23.4 Å². The maximum absolute atomic E-state index is 12.2. The van der Waals surface area contributed by atoms with Crippen LogP contribution >= 0.6 is 0 Å². The summed E-state index contributed by atoms with van der Waals surface area (Å²) in [5, 5.41) is 4.96. The van der Waals surface area contributed by atoms with E-state index in [4.69, 9.17) is 4.74 Å². The van der Waals surface area contributed by atoms with Crippen molar-refractivity contribution < 1.29 is 19.1 Å².